The van der Waals surface area contributed by atoms with E-state index < -0.39 is 0 Å². The number of benzene rings is 1. The van der Waals surface area contributed by atoms with Gasteiger partial charge in [0.05, 0.1) is 0 Å². The van der Waals surface area contributed by atoms with Crippen LogP contribution < -0.4 is 0 Å². The number of thioether (sulfide) groups is 1. The number of rotatable bonds is 6. The Bertz CT molecular complexity index is 241. The van der Waals surface area contributed by atoms with Gasteiger partial charge in [-0.05, 0) is 36.4 Å². The molecule has 0 nitrogen and oxygen atoms in total. The molecule has 0 aliphatic heterocycles. The summed E-state index contributed by atoms with van der Waals surface area (Å²) in [7, 11) is 0. The van der Waals surface area contributed by atoms with Gasteiger partial charge in [-0.1, -0.05) is 26.2 Å². The zero-order chi connectivity index (χ0) is 10.2. The maximum Gasteiger partial charge on any atom is 0.00727 e. The minimum absolute atomic E-state index is 1.04. The van der Waals surface area contributed by atoms with Gasteiger partial charge in [-0.3, -0.25) is 0 Å². The van der Waals surface area contributed by atoms with E-state index in [1.54, 1.807) is 0 Å². The van der Waals surface area contributed by atoms with E-state index in [0.29, 0.717) is 0 Å². The number of hydrogen-bond acceptors (Lipinski definition) is 2. The topological polar surface area (TPSA) is 0 Å². The normalized spacial score (nSPS) is 10.4. The van der Waals surface area contributed by atoms with Crippen molar-refractivity contribution < 1.29 is 0 Å². The molecule has 2 heteroatoms. The van der Waals surface area contributed by atoms with E-state index in [1.807, 2.05) is 11.8 Å². The van der Waals surface area contributed by atoms with Gasteiger partial charge in [-0.15, -0.1) is 24.4 Å². The molecule has 0 radical (unpaired) electrons. The van der Waals surface area contributed by atoms with Gasteiger partial charge in [-0.2, -0.15) is 0 Å². The molecule has 0 aromatic heterocycles. The molecule has 0 atom stereocenters. The molecule has 0 bridgehead atoms. The Hall–Kier alpha value is -0.0800. The van der Waals surface area contributed by atoms with Crippen molar-refractivity contribution >= 4 is 24.4 Å². The van der Waals surface area contributed by atoms with Crippen LogP contribution in [0.4, 0.5) is 0 Å². The summed E-state index contributed by atoms with van der Waals surface area (Å²) in [5.74, 6) is 1.24. The van der Waals surface area contributed by atoms with Crippen molar-refractivity contribution in [2.24, 2.45) is 0 Å². The predicted octanol–water partition coefficient (Wildman–Crippen LogP) is 4.65. The molecule has 1 aromatic carbocycles. The number of hydrogen-bond donors (Lipinski definition) is 1. The third-order valence-corrected chi connectivity index (χ3v) is 3.50. The van der Waals surface area contributed by atoms with E-state index in [9.17, 15) is 0 Å². The van der Waals surface area contributed by atoms with Gasteiger partial charge >= 0.3 is 0 Å². The molecule has 0 saturated heterocycles. The second kappa shape index (κ2) is 7.24. The average molecular weight is 226 g/mol. The van der Waals surface area contributed by atoms with Crippen molar-refractivity contribution in [2.45, 2.75) is 42.4 Å². The van der Waals surface area contributed by atoms with E-state index >= 15 is 0 Å². The van der Waals surface area contributed by atoms with Crippen molar-refractivity contribution in [3.63, 3.8) is 0 Å². The van der Waals surface area contributed by atoms with Crippen molar-refractivity contribution in [3.8, 4) is 0 Å². The van der Waals surface area contributed by atoms with Crippen LogP contribution in [0.25, 0.3) is 0 Å². The van der Waals surface area contributed by atoms with Crippen LogP contribution in [0, 0.1) is 0 Å². The van der Waals surface area contributed by atoms with E-state index in [-0.39, 0.29) is 0 Å². The summed E-state index contributed by atoms with van der Waals surface area (Å²) in [6, 6.07) is 8.40. The Morgan fingerprint density at radius 1 is 1.07 bits per heavy atom. The SMILES string of the molecule is CCCCCCSc1ccc(S)cc1. The largest absolute Gasteiger partial charge is 0.143 e. The van der Waals surface area contributed by atoms with Crippen LogP contribution in [0.3, 0.4) is 0 Å². The lowest BCUT2D eigenvalue weighted by Gasteiger charge is -2.01. The summed E-state index contributed by atoms with van der Waals surface area (Å²) in [5, 5.41) is 0. The number of thiol groups is 1. The summed E-state index contributed by atoms with van der Waals surface area (Å²) < 4.78 is 0. The Kier molecular flexibility index (Phi) is 6.20. The molecule has 0 N–H and O–H groups in total. The second-order valence-electron chi connectivity index (χ2n) is 3.40. The summed E-state index contributed by atoms with van der Waals surface area (Å²) in [4.78, 5) is 2.40. The Labute approximate surface area is 96.9 Å². The van der Waals surface area contributed by atoms with Crippen LogP contribution in [0.15, 0.2) is 34.1 Å². The Morgan fingerprint density at radius 3 is 2.43 bits per heavy atom. The first kappa shape index (κ1) is 12.0. The highest BCUT2D eigenvalue weighted by Gasteiger charge is 1.93. The first-order valence-corrected chi connectivity index (χ1v) is 6.68. The molecule has 14 heavy (non-hydrogen) atoms. The van der Waals surface area contributed by atoms with Crippen LogP contribution >= 0.6 is 24.4 Å². The minimum atomic E-state index is 1.04. The van der Waals surface area contributed by atoms with Crippen molar-refractivity contribution in [3.05, 3.63) is 24.3 Å². The zero-order valence-corrected chi connectivity index (χ0v) is 10.4. The summed E-state index contributed by atoms with van der Waals surface area (Å²) in [6.07, 6.45) is 5.39. The molecule has 78 valence electrons. The van der Waals surface area contributed by atoms with Gasteiger partial charge in [0.2, 0.25) is 0 Å². The average Bonchev–Trinajstić information content (AvgIpc) is 2.21. The lowest BCUT2D eigenvalue weighted by molar-refractivity contribution is 0.706. The summed E-state index contributed by atoms with van der Waals surface area (Å²) in [5.41, 5.74) is 0. The van der Waals surface area contributed by atoms with Crippen LogP contribution in [-0.4, -0.2) is 5.75 Å². The highest BCUT2D eigenvalue weighted by atomic mass is 32.2. The molecule has 0 saturated carbocycles. The van der Waals surface area contributed by atoms with Crippen LogP contribution in [-0.2, 0) is 0 Å². The van der Waals surface area contributed by atoms with Crippen molar-refractivity contribution in [1.29, 1.82) is 0 Å². The third kappa shape index (κ3) is 4.97. The highest BCUT2D eigenvalue weighted by Crippen LogP contribution is 2.21. The Balaban J connectivity index is 2.15. The molecular weight excluding hydrogens is 208 g/mol. The standard InChI is InChI=1S/C12H18S2/c1-2-3-4-5-10-14-12-8-6-11(13)7-9-12/h6-9,13H,2-5,10H2,1H3. The van der Waals surface area contributed by atoms with E-state index in [0.717, 1.165) is 4.90 Å². The zero-order valence-electron chi connectivity index (χ0n) is 8.70. The first-order valence-electron chi connectivity index (χ1n) is 5.24. The Morgan fingerprint density at radius 2 is 1.79 bits per heavy atom. The molecule has 0 unspecified atom stereocenters. The lowest BCUT2D eigenvalue weighted by Crippen LogP contribution is -1.80. The molecule has 1 aromatic rings. The maximum absolute atomic E-state index is 4.26. The summed E-state index contributed by atoms with van der Waals surface area (Å²) >= 11 is 6.21. The maximum atomic E-state index is 4.26. The fourth-order valence-corrected chi connectivity index (χ4v) is 2.32. The van der Waals surface area contributed by atoms with Gasteiger partial charge < -0.3 is 0 Å². The predicted molar refractivity (Wildman–Crippen MR) is 68.6 cm³/mol. The van der Waals surface area contributed by atoms with Gasteiger partial charge in [0, 0.05) is 9.79 Å². The van der Waals surface area contributed by atoms with E-state index in [1.165, 1.54) is 36.3 Å². The number of unbranched alkanes of at least 4 members (excludes halogenated alkanes) is 3. The minimum Gasteiger partial charge on any atom is -0.143 e. The second-order valence-corrected chi connectivity index (χ2v) is 5.09. The van der Waals surface area contributed by atoms with Crippen molar-refractivity contribution in [2.75, 3.05) is 5.75 Å². The molecule has 0 spiro atoms. The smallest absolute Gasteiger partial charge is 0.00727 e. The van der Waals surface area contributed by atoms with Gasteiger partial charge in [-0.25, -0.2) is 0 Å². The monoisotopic (exact) mass is 226 g/mol. The molecular formula is C12H18S2. The van der Waals surface area contributed by atoms with Gasteiger partial charge in [0.25, 0.3) is 0 Å². The highest BCUT2D eigenvalue weighted by molar-refractivity contribution is 7.99. The molecule has 0 heterocycles. The molecule has 1 rings (SSSR count). The molecule has 0 fully saturated rings. The van der Waals surface area contributed by atoms with Crippen LogP contribution in [0.5, 0.6) is 0 Å². The fraction of sp³-hybridized carbons (Fsp3) is 0.500. The van der Waals surface area contributed by atoms with Gasteiger partial charge in [0.1, 0.15) is 0 Å². The first-order chi connectivity index (χ1) is 6.83. The van der Waals surface area contributed by atoms with Crippen LogP contribution in [0.2, 0.25) is 0 Å². The lowest BCUT2D eigenvalue weighted by atomic mass is 10.2. The fourth-order valence-electron chi connectivity index (χ4n) is 1.26. The van der Waals surface area contributed by atoms with Crippen molar-refractivity contribution in [1.82, 2.24) is 0 Å². The quantitative estimate of drug-likeness (QED) is 0.418. The molecule has 0 aliphatic carbocycles. The molecule has 0 aliphatic rings. The van der Waals surface area contributed by atoms with Crippen LogP contribution in [0.1, 0.15) is 32.6 Å². The van der Waals surface area contributed by atoms with Gasteiger partial charge in [0.15, 0.2) is 0 Å². The van der Waals surface area contributed by atoms with E-state index in [2.05, 4.69) is 43.8 Å². The van der Waals surface area contributed by atoms with E-state index in [4.69, 9.17) is 0 Å². The summed E-state index contributed by atoms with van der Waals surface area (Å²) in [6.45, 7) is 2.25. The molecule has 0 amide bonds. The third-order valence-electron chi connectivity index (χ3n) is 2.10.